The molecule has 8 nitrogen and oxygen atoms in total. The highest BCUT2D eigenvalue weighted by molar-refractivity contribution is 5.97. The molecule has 0 saturated heterocycles. The Morgan fingerprint density at radius 2 is 1.92 bits per heavy atom. The number of nitrogens with one attached hydrogen (secondary N) is 1. The van der Waals surface area contributed by atoms with Crippen molar-refractivity contribution < 1.29 is 19.2 Å². The molecule has 1 amide bonds. The van der Waals surface area contributed by atoms with Crippen molar-refractivity contribution >= 4 is 28.8 Å². The minimum atomic E-state index is -0.577. The van der Waals surface area contributed by atoms with Crippen LogP contribution in [-0.2, 0) is 0 Å². The Labute approximate surface area is 147 Å². The highest BCUT2D eigenvalue weighted by Crippen LogP contribution is 2.24. The molecule has 0 unspecified atom stereocenters. The van der Waals surface area contributed by atoms with E-state index in [2.05, 4.69) is 10.5 Å². The molecule has 3 rings (SSSR count). The molecule has 132 valence electrons. The summed E-state index contributed by atoms with van der Waals surface area (Å²) in [4.78, 5) is 22.4. The summed E-state index contributed by atoms with van der Waals surface area (Å²) in [5, 5.41) is 24.9. The number of nitrogens with zero attached hydrogens (tertiary/aromatic N) is 2. The summed E-state index contributed by atoms with van der Waals surface area (Å²) in [6.45, 7) is 3.54. The predicted molar refractivity (Wildman–Crippen MR) is 95.5 cm³/mol. The molecule has 0 radical (unpaired) electrons. The van der Waals surface area contributed by atoms with Gasteiger partial charge in [-0.1, -0.05) is 0 Å². The van der Waals surface area contributed by atoms with Gasteiger partial charge in [0.25, 0.3) is 5.69 Å². The van der Waals surface area contributed by atoms with Crippen LogP contribution in [0.1, 0.15) is 27.2 Å². The molecule has 1 heterocycles. The molecule has 0 spiro atoms. The van der Waals surface area contributed by atoms with Gasteiger partial charge in [-0.05, 0) is 54.8 Å². The van der Waals surface area contributed by atoms with E-state index in [1.165, 1.54) is 30.5 Å². The number of benzene rings is 2. The zero-order valence-corrected chi connectivity index (χ0v) is 14.0. The van der Waals surface area contributed by atoms with Crippen molar-refractivity contribution in [2.75, 3.05) is 0 Å². The van der Waals surface area contributed by atoms with Crippen LogP contribution in [0.2, 0.25) is 0 Å². The van der Waals surface area contributed by atoms with Crippen LogP contribution < -0.4 is 5.43 Å². The molecule has 0 aliphatic heterocycles. The maximum Gasteiger partial charge on any atom is 0.307 e. The molecular formula is C18H15N3O5. The lowest BCUT2D eigenvalue weighted by Gasteiger charge is -2.04. The summed E-state index contributed by atoms with van der Waals surface area (Å²) in [6.07, 6.45) is 1.45. The van der Waals surface area contributed by atoms with E-state index in [4.69, 9.17) is 4.42 Å². The van der Waals surface area contributed by atoms with Crippen LogP contribution >= 0.6 is 0 Å². The number of fused-ring (bicyclic) bond motifs is 1. The Morgan fingerprint density at radius 1 is 1.23 bits per heavy atom. The largest absolute Gasteiger partial charge is 0.507 e. The van der Waals surface area contributed by atoms with Gasteiger partial charge in [-0.3, -0.25) is 14.9 Å². The molecule has 2 aromatic carbocycles. The molecule has 0 atom stereocenters. The summed E-state index contributed by atoms with van der Waals surface area (Å²) in [7, 11) is 0. The Bertz CT molecular complexity index is 1030. The minimum absolute atomic E-state index is 0.00397. The molecule has 3 aromatic rings. The lowest BCUT2D eigenvalue weighted by atomic mass is 10.1. The van der Waals surface area contributed by atoms with Gasteiger partial charge >= 0.3 is 5.91 Å². The number of nitro benzene ring substituents is 1. The number of non-ortho nitro benzene ring substituents is 1. The Kier molecular flexibility index (Phi) is 4.40. The number of hydrogen-bond acceptors (Lipinski definition) is 6. The summed E-state index contributed by atoms with van der Waals surface area (Å²) < 4.78 is 5.38. The van der Waals surface area contributed by atoms with E-state index in [1.54, 1.807) is 26.0 Å². The van der Waals surface area contributed by atoms with E-state index >= 15 is 0 Å². The van der Waals surface area contributed by atoms with Gasteiger partial charge in [-0.15, -0.1) is 0 Å². The van der Waals surface area contributed by atoms with Crippen LogP contribution in [0.25, 0.3) is 11.0 Å². The number of carbonyl (C=O) groups is 1. The molecule has 8 heteroatoms. The van der Waals surface area contributed by atoms with Crippen molar-refractivity contribution in [1.29, 1.82) is 0 Å². The summed E-state index contributed by atoms with van der Waals surface area (Å²) >= 11 is 0. The van der Waals surface area contributed by atoms with Crippen molar-refractivity contribution in [3.05, 3.63) is 69.0 Å². The quantitative estimate of drug-likeness (QED) is 0.423. The monoisotopic (exact) mass is 353 g/mol. The van der Waals surface area contributed by atoms with E-state index in [-0.39, 0.29) is 17.2 Å². The van der Waals surface area contributed by atoms with Crippen LogP contribution in [0.15, 0.2) is 45.9 Å². The van der Waals surface area contributed by atoms with Crippen molar-refractivity contribution in [2.24, 2.45) is 5.10 Å². The second-order valence-electron chi connectivity index (χ2n) is 5.79. The van der Waals surface area contributed by atoms with Crippen LogP contribution in [0, 0.1) is 24.0 Å². The number of phenolic OH excluding ortho intramolecular Hbond substituents is 1. The van der Waals surface area contributed by atoms with Gasteiger partial charge in [-0.2, -0.15) is 5.10 Å². The summed E-state index contributed by atoms with van der Waals surface area (Å²) in [5.41, 5.74) is 4.76. The molecule has 1 aromatic heterocycles. The first kappa shape index (κ1) is 17.2. The molecule has 0 fully saturated rings. The average Bonchev–Trinajstić information content (AvgIpc) is 3.02. The van der Waals surface area contributed by atoms with Crippen molar-refractivity contribution in [2.45, 2.75) is 13.8 Å². The fourth-order valence-corrected chi connectivity index (χ4v) is 2.54. The van der Waals surface area contributed by atoms with E-state index in [0.717, 1.165) is 5.56 Å². The molecule has 0 bridgehead atoms. The maximum atomic E-state index is 12.1. The molecule has 26 heavy (non-hydrogen) atoms. The lowest BCUT2D eigenvalue weighted by Crippen LogP contribution is -2.16. The predicted octanol–water partition coefficient (Wildman–Crippen LogP) is 3.43. The Morgan fingerprint density at radius 3 is 2.58 bits per heavy atom. The number of nitro groups is 1. The number of furan rings is 1. The number of aromatic hydroxyl groups is 1. The molecule has 0 aliphatic carbocycles. The first-order valence-corrected chi connectivity index (χ1v) is 7.67. The van der Waals surface area contributed by atoms with Crippen LogP contribution in [0.4, 0.5) is 5.69 Å². The van der Waals surface area contributed by atoms with Crippen molar-refractivity contribution in [1.82, 2.24) is 5.43 Å². The van der Waals surface area contributed by atoms with Crippen LogP contribution in [0.5, 0.6) is 5.75 Å². The van der Waals surface area contributed by atoms with Gasteiger partial charge in [0, 0.05) is 17.5 Å². The highest BCUT2D eigenvalue weighted by Gasteiger charge is 2.14. The Hall–Kier alpha value is -3.68. The number of phenols is 1. The number of aryl methyl sites for hydroxylation is 2. The lowest BCUT2D eigenvalue weighted by molar-refractivity contribution is -0.384. The zero-order valence-electron chi connectivity index (χ0n) is 14.0. The maximum absolute atomic E-state index is 12.1. The Balaban J connectivity index is 1.76. The third-order valence-electron chi connectivity index (χ3n) is 3.83. The number of hydrogen-bond donors (Lipinski definition) is 2. The molecule has 0 aliphatic rings. The number of amides is 1. The molecule has 2 N–H and O–H groups in total. The zero-order chi connectivity index (χ0) is 18.8. The number of carbonyl (C=O) groups excluding carboxylic acids is 1. The third-order valence-corrected chi connectivity index (χ3v) is 3.83. The van der Waals surface area contributed by atoms with Crippen molar-refractivity contribution in [3.8, 4) is 5.75 Å². The number of hydrazone groups is 1. The van der Waals surface area contributed by atoms with Gasteiger partial charge in [0.1, 0.15) is 11.3 Å². The smallest absolute Gasteiger partial charge is 0.307 e. The van der Waals surface area contributed by atoms with Gasteiger partial charge in [0.15, 0.2) is 5.76 Å². The van der Waals surface area contributed by atoms with Crippen LogP contribution in [-0.4, -0.2) is 22.2 Å². The minimum Gasteiger partial charge on any atom is -0.507 e. The van der Waals surface area contributed by atoms with Gasteiger partial charge in [-0.25, -0.2) is 5.43 Å². The van der Waals surface area contributed by atoms with Gasteiger partial charge in [0.05, 0.1) is 11.1 Å². The van der Waals surface area contributed by atoms with Crippen molar-refractivity contribution in [3.63, 3.8) is 0 Å². The summed E-state index contributed by atoms with van der Waals surface area (Å²) in [6, 6.07) is 8.97. The SMILES string of the molecule is Cc1cc(C=NNC(=O)c2cc3cc([N+](=O)[O-])ccc3o2)cc(C)c1O. The van der Waals surface area contributed by atoms with E-state index in [9.17, 15) is 20.0 Å². The average molecular weight is 353 g/mol. The van der Waals surface area contributed by atoms with Gasteiger partial charge in [0.2, 0.25) is 0 Å². The fourth-order valence-electron chi connectivity index (χ4n) is 2.54. The highest BCUT2D eigenvalue weighted by atomic mass is 16.6. The first-order valence-electron chi connectivity index (χ1n) is 7.67. The standard InChI is InChI=1S/C18H15N3O5/c1-10-5-12(6-11(2)17(10)22)9-19-20-18(23)16-8-13-7-14(21(24)25)3-4-15(13)26-16/h3-9,22H,1-2H3,(H,20,23). The second-order valence-corrected chi connectivity index (χ2v) is 5.79. The normalized spacial score (nSPS) is 11.2. The van der Waals surface area contributed by atoms with Gasteiger partial charge < -0.3 is 9.52 Å². The number of rotatable bonds is 4. The fraction of sp³-hybridized carbons (Fsp3) is 0.111. The first-order chi connectivity index (χ1) is 12.3. The molecular weight excluding hydrogens is 338 g/mol. The topological polar surface area (TPSA) is 118 Å². The van der Waals surface area contributed by atoms with Crippen LogP contribution in [0.3, 0.4) is 0 Å². The van der Waals surface area contributed by atoms with E-state index < -0.39 is 10.8 Å². The second kappa shape index (κ2) is 6.67. The molecule has 0 saturated carbocycles. The van der Waals surface area contributed by atoms with E-state index in [0.29, 0.717) is 22.1 Å². The summed E-state index contributed by atoms with van der Waals surface area (Å²) in [5.74, 6) is -0.356. The third kappa shape index (κ3) is 3.39. The van der Waals surface area contributed by atoms with E-state index in [1.807, 2.05) is 0 Å².